The molecular formula is C25H23N7O2S. The number of thiazole rings is 1. The summed E-state index contributed by atoms with van der Waals surface area (Å²) in [6.45, 7) is 4.19. The zero-order valence-electron chi connectivity index (χ0n) is 19.4. The highest BCUT2D eigenvalue weighted by atomic mass is 32.1. The Morgan fingerprint density at radius 1 is 1.23 bits per heavy atom. The van der Waals surface area contributed by atoms with Crippen molar-refractivity contribution < 1.29 is 9.32 Å². The lowest BCUT2D eigenvalue weighted by molar-refractivity contribution is 0.0966. The molecule has 1 aliphatic carbocycles. The molecule has 0 bridgehead atoms. The molecule has 4 aromatic rings. The summed E-state index contributed by atoms with van der Waals surface area (Å²) in [6, 6.07) is 7.65. The molecule has 1 fully saturated rings. The predicted octanol–water partition coefficient (Wildman–Crippen LogP) is 5.16. The molecule has 0 aromatic carbocycles. The fourth-order valence-electron chi connectivity index (χ4n) is 4.11. The van der Waals surface area contributed by atoms with Crippen molar-refractivity contribution in [1.29, 1.82) is 0 Å². The van der Waals surface area contributed by atoms with Crippen molar-refractivity contribution in [3.05, 3.63) is 70.7 Å². The number of aromatic nitrogens is 5. The zero-order valence-corrected chi connectivity index (χ0v) is 20.2. The fourth-order valence-corrected chi connectivity index (χ4v) is 4.65. The zero-order chi connectivity index (χ0) is 24.0. The maximum atomic E-state index is 12.9. The van der Waals surface area contributed by atoms with E-state index in [9.17, 15) is 4.79 Å². The summed E-state index contributed by atoms with van der Waals surface area (Å²) in [5, 5.41) is 9.88. The van der Waals surface area contributed by atoms with Gasteiger partial charge in [-0.25, -0.2) is 19.9 Å². The number of ketones is 1. The quantitative estimate of drug-likeness (QED) is 0.340. The Balaban J connectivity index is 1.12. The Bertz CT molecular complexity index is 1440. The Labute approximate surface area is 205 Å². The van der Waals surface area contributed by atoms with Crippen LogP contribution < -0.4 is 5.32 Å². The number of anilines is 2. The van der Waals surface area contributed by atoms with E-state index in [0.29, 0.717) is 34.5 Å². The van der Waals surface area contributed by atoms with E-state index in [1.165, 1.54) is 30.5 Å². The van der Waals surface area contributed by atoms with Gasteiger partial charge in [-0.1, -0.05) is 19.0 Å². The summed E-state index contributed by atoms with van der Waals surface area (Å²) in [4.78, 5) is 35.0. The molecule has 5 heterocycles. The number of hydrogen-bond acceptors (Lipinski definition) is 10. The first-order valence-electron chi connectivity index (χ1n) is 11.5. The SMILES string of the molecule is C[C@@H](CC(=O)c1cc(Nc2nccs2)ncn1)c1cc(C2=Nc3ccc(C4(C)CC4)nc3C2)no1. The van der Waals surface area contributed by atoms with E-state index in [2.05, 4.69) is 44.5 Å². The molecule has 0 spiro atoms. The van der Waals surface area contributed by atoms with Gasteiger partial charge >= 0.3 is 0 Å². The largest absolute Gasteiger partial charge is 0.360 e. The molecule has 6 rings (SSSR count). The average Bonchev–Trinajstić information content (AvgIpc) is 3.30. The lowest BCUT2D eigenvalue weighted by Crippen LogP contribution is -2.08. The van der Waals surface area contributed by atoms with Crippen LogP contribution >= 0.6 is 11.3 Å². The molecule has 176 valence electrons. The summed E-state index contributed by atoms with van der Waals surface area (Å²) in [7, 11) is 0. The number of rotatable bonds is 8. The number of hydrogen-bond donors (Lipinski definition) is 1. The minimum Gasteiger partial charge on any atom is -0.360 e. The molecule has 0 saturated heterocycles. The highest BCUT2D eigenvalue weighted by molar-refractivity contribution is 7.13. The van der Waals surface area contributed by atoms with Gasteiger partial charge in [0, 0.05) is 53.6 Å². The first-order valence-corrected chi connectivity index (χ1v) is 12.4. The van der Waals surface area contributed by atoms with Crippen LogP contribution in [0.2, 0.25) is 0 Å². The van der Waals surface area contributed by atoms with Crippen LogP contribution in [0.25, 0.3) is 0 Å². The number of nitrogens with one attached hydrogen (secondary N) is 1. The van der Waals surface area contributed by atoms with Gasteiger partial charge in [0.25, 0.3) is 0 Å². The predicted molar refractivity (Wildman–Crippen MR) is 132 cm³/mol. The van der Waals surface area contributed by atoms with E-state index in [1.807, 2.05) is 18.4 Å². The lowest BCUT2D eigenvalue weighted by Gasteiger charge is -2.08. The van der Waals surface area contributed by atoms with Crippen molar-refractivity contribution in [2.24, 2.45) is 4.99 Å². The number of Topliss-reactive ketones (excluding diaryl/α,β-unsaturated/α-hetero) is 1. The molecule has 1 saturated carbocycles. The maximum absolute atomic E-state index is 12.9. The second kappa shape index (κ2) is 8.46. The molecule has 10 heteroatoms. The van der Waals surface area contributed by atoms with E-state index in [4.69, 9.17) is 14.5 Å². The summed E-state index contributed by atoms with van der Waals surface area (Å²) >= 11 is 1.45. The standard InChI is InChI=1S/C25H23N7O2S/c1-14(9-20(33)19-12-23(28-13-27-19)31-24-26-7-8-35-24)21-11-18(32-34-21)17-10-16-15(29-17)3-4-22(30-16)25(2)5-6-25/h3-4,7-8,11-14H,5-6,9-10H2,1-2H3,(H,26,27,28,31)/t14-/m0/s1. The van der Waals surface area contributed by atoms with Gasteiger partial charge in [-0.2, -0.15) is 0 Å². The third-order valence-corrected chi connectivity index (χ3v) is 7.27. The molecule has 1 N–H and O–H groups in total. The van der Waals surface area contributed by atoms with Crippen molar-refractivity contribution in [1.82, 2.24) is 25.1 Å². The van der Waals surface area contributed by atoms with E-state index in [-0.39, 0.29) is 23.5 Å². The van der Waals surface area contributed by atoms with Crippen LogP contribution in [-0.4, -0.2) is 36.6 Å². The van der Waals surface area contributed by atoms with E-state index >= 15 is 0 Å². The van der Waals surface area contributed by atoms with Crippen LogP contribution in [0.4, 0.5) is 16.6 Å². The molecule has 1 aliphatic heterocycles. The van der Waals surface area contributed by atoms with Crippen LogP contribution in [0.3, 0.4) is 0 Å². The van der Waals surface area contributed by atoms with Crippen molar-refractivity contribution in [2.45, 2.75) is 50.9 Å². The fraction of sp³-hybridized carbons (Fsp3) is 0.320. The van der Waals surface area contributed by atoms with Crippen LogP contribution in [0.15, 0.2) is 51.7 Å². The third-order valence-electron chi connectivity index (χ3n) is 6.58. The molecule has 1 atom stereocenters. The second-order valence-electron chi connectivity index (χ2n) is 9.35. The molecule has 9 nitrogen and oxygen atoms in total. The Kier molecular flexibility index (Phi) is 5.25. The van der Waals surface area contributed by atoms with Gasteiger partial charge in [-0.05, 0) is 25.0 Å². The molecule has 35 heavy (non-hydrogen) atoms. The van der Waals surface area contributed by atoms with Gasteiger partial charge in [0.2, 0.25) is 0 Å². The number of carbonyl (C=O) groups excluding carboxylic acids is 1. The van der Waals surface area contributed by atoms with Gasteiger partial charge in [0.15, 0.2) is 10.9 Å². The molecule has 0 amide bonds. The number of pyridine rings is 1. The van der Waals surface area contributed by atoms with E-state index in [1.54, 1.807) is 12.3 Å². The third kappa shape index (κ3) is 4.37. The van der Waals surface area contributed by atoms with Crippen LogP contribution in [0.5, 0.6) is 0 Å². The van der Waals surface area contributed by atoms with Gasteiger partial charge in [0.05, 0.1) is 17.1 Å². The number of fused-ring (bicyclic) bond motifs is 1. The number of carbonyl (C=O) groups is 1. The van der Waals surface area contributed by atoms with Gasteiger partial charge in [-0.15, -0.1) is 11.3 Å². The van der Waals surface area contributed by atoms with Gasteiger partial charge in [-0.3, -0.25) is 9.78 Å². The highest BCUT2D eigenvalue weighted by Gasteiger charge is 2.41. The average molecular weight is 486 g/mol. The highest BCUT2D eigenvalue weighted by Crippen LogP contribution is 2.47. The van der Waals surface area contributed by atoms with Crippen LogP contribution in [0, 0.1) is 0 Å². The van der Waals surface area contributed by atoms with Crippen molar-refractivity contribution in [2.75, 3.05) is 5.32 Å². The minimum atomic E-state index is -0.169. The lowest BCUT2D eigenvalue weighted by atomic mass is 9.99. The van der Waals surface area contributed by atoms with E-state index < -0.39 is 0 Å². The first kappa shape index (κ1) is 21.7. The molecule has 0 radical (unpaired) electrons. The van der Waals surface area contributed by atoms with Crippen molar-refractivity contribution in [3.63, 3.8) is 0 Å². The van der Waals surface area contributed by atoms with Crippen molar-refractivity contribution >= 4 is 39.5 Å². The normalized spacial score (nSPS) is 16.5. The Morgan fingerprint density at radius 3 is 2.91 bits per heavy atom. The summed E-state index contributed by atoms with van der Waals surface area (Å²) in [5.74, 6) is 0.898. The summed E-state index contributed by atoms with van der Waals surface area (Å²) in [6.07, 6.45) is 6.32. The smallest absolute Gasteiger partial charge is 0.188 e. The van der Waals surface area contributed by atoms with E-state index in [0.717, 1.165) is 22.8 Å². The van der Waals surface area contributed by atoms with Crippen LogP contribution in [-0.2, 0) is 11.8 Å². The maximum Gasteiger partial charge on any atom is 0.188 e. The number of nitrogens with zero attached hydrogens (tertiary/aromatic N) is 6. The monoisotopic (exact) mass is 485 g/mol. The first-order chi connectivity index (χ1) is 17.0. The molecule has 2 aliphatic rings. The summed E-state index contributed by atoms with van der Waals surface area (Å²) < 4.78 is 5.60. The van der Waals surface area contributed by atoms with Crippen molar-refractivity contribution in [3.8, 4) is 0 Å². The summed E-state index contributed by atoms with van der Waals surface area (Å²) in [5.41, 5.74) is 5.13. The topological polar surface area (TPSA) is 119 Å². The minimum absolute atomic E-state index is 0.101. The number of aliphatic imine (C=N–C) groups is 1. The van der Waals surface area contributed by atoms with Crippen LogP contribution in [0.1, 0.15) is 72.4 Å². The molecular weight excluding hydrogens is 462 g/mol. The second-order valence-corrected chi connectivity index (χ2v) is 10.2. The van der Waals surface area contributed by atoms with Gasteiger partial charge in [0.1, 0.15) is 29.3 Å². The molecule has 4 aromatic heterocycles. The van der Waals surface area contributed by atoms with Gasteiger partial charge < -0.3 is 9.84 Å². The Morgan fingerprint density at radius 2 is 2.11 bits per heavy atom. The Hall–Kier alpha value is -3.79. The molecule has 0 unspecified atom stereocenters.